The van der Waals surface area contributed by atoms with Crippen molar-refractivity contribution in [3.8, 4) is 0 Å². The Morgan fingerprint density at radius 3 is 1.65 bits per heavy atom. The second-order valence-electron chi connectivity index (χ2n) is 5.60. The first-order valence-corrected chi connectivity index (χ1v) is 10.5. The molecule has 0 aromatic heterocycles. The lowest BCUT2D eigenvalue weighted by Crippen LogP contribution is -2.46. The Balaban J connectivity index is 1.92. The van der Waals surface area contributed by atoms with Crippen molar-refractivity contribution in [2.75, 3.05) is 6.54 Å². The van der Waals surface area contributed by atoms with Crippen molar-refractivity contribution >= 4 is 26.0 Å². The molecule has 0 heterocycles. The molecule has 140 valence electrons. The molecule has 0 aliphatic heterocycles. The third kappa shape index (κ3) is 5.36. The smallest absolute Gasteiger partial charge is 0.257 e. The zero-order valence-electron chi connectivity index (χ0n) is 14.2. The first-order valence-electron chi connectivity index (χ1n) is 7.54. The number of nitrogens with one attached hydrogen (secondary N) is 3. The van der Waals surface area contributed by atoms with Crippen molar-refractivity contribution in [1.29, 1.82) is 0 Å². The molecular formula is C16H19N3O5S2. The first kappa shape index (κ1) is 20.0. The molecule has 8 nitrogen and oxygen atoms in total. The highest BCUT2D eigenvalue weighted by atomic mass is 32.2. The summed E-state index contributed by atoms with van der Waals surface area (Å²) >= 11 is 0. The SMILES string of the molecule is Cc1ccc(S(=O)(=O)NCC(=O)NNS(=O)(=O)c2ccc(C)cc2)cc1. The van der Waals surface area contributed by atoms with Gasteiger partial charge in [0, 0.05) is 0 Å². The van der Waals surface area contributed by atoms with Crippen LogP contribution in [0.5, 0.6) is 0 Å². The summed E-state index contributed by atoms with van der Waals surface area (Å²) in [4.78, 5) is 13.6. The van der Waals surface area contributed by atoms with Crippen LogP contribution in [0.4, 0.5) is 0 Å². The van der Waals surface area contributed by atoms with Crippen LogP contribution < -0.4 is 15.0 Å². The van der Waals surface area contributed by atoms with Crippen LogP contribution in [-0.2, 0) is 24.8 Å². The molecule has 3 N–H and O–H groups in total. The minimum atomic E-state index is -3.94. The van der Waals surface area contributed by atoms with E-state index in [2.05, 4.69) is 4.72 Å². The van der Waals surface area contributed by atoms with Gasteiger partial charge >= 0.3 is 0 Å². The van der Waals surface area contributed by atoms with Gasteiger partial charge in [-0.05, 0) is 38.1 Å². The molecule has 0 saturated carbocycles. The number of hydrogen-bond donors (Lipinski definition) is 3. The number of hydrazine groups is 1. The minimum absolute atomic E-state index is 0.0103. The van der Waals surface area contributed by atoms with Gasteiger partial charge < -0.3 is 0 Å². The molecule has 0 fully saturated rings. The van der Waals surface area contributed by atoms with Gasteiger partial charge in [-0.2, -0.15) is 0 Å². The molecule has 26 heavy (non-hydrogen) atoms. The van der Waals surface area contributed by atoms with Gasteiger partial charge in [-0.15, -0.1) is 4.83 Å². The number of hydrogen-bond acceptors (Lipinski definition) is 5. The number of sulfonamides is 2. The number of benzene rings is 2. The monoisotopic (exact) mass is 397 g/mol. The summed E-state index contributed by atoms with van der Waals surface area (Å²) in [6.45, 7) is 3.01. The Morgan fingerprint density at radius 2 is 1.19 bits per heavy atom. The lowest BCUT2D eigenvalue weighted by Gasteiger charge is -2.10. The van der Waals surface area contributed by atoms with Crippen LogP contribution in [0, 0.1) is 13.8 Å². The molecule has 1 amide bonds. The van der Waals surface area contributed by atoms with E-state index < -0.39 is 32.5 Å². The van der Waals surface area contributed by atoms with Gasteiger partial charge in [-0.25, -0.2) is 21.6 Å². The van der Waals surface area contributed by atoms with Crippen LogP contribution >= 0.6 is 0 Å². The molecule has 0 aliphatic rings. The Hall–Kier alpha value is -2.27. The largest absolute Gasteiger partial charge is 0.276 e. The van der Waals surface area contributed by atoms with Crippen LogP contribution in [0.2, 0.25) is 0 Å². The molecule has 0 saturated heterocycles. The minimum Gasteiger partial charge on any atom is -0.276 e. The number of carbonyl (C=O) groups is 1. The molecule has 10 heteroatoms. The van der Waals surface area contributed by atoms with Crippen LogP contribution in [0.25, 0.3) is 0 Å². The maximum absolute atomic E-state index is 12.1. The van der Waals surface area contributed by atoms with E-state index in [-0.39, 0.29) is 9.79 Å². The summed E-state index contributed by atoms with van der Waals surface area (Å²) in [5.74, 6) is -0.851. The predicted octanol–water partition coefficient (Wildman–Crippen LogP) is 0.591. The second kappa shape index (κ2) is 7.96. The zero-order chi connectivity index (χ0) is 19.4. The van der Waals surface area contributed by atoms with Gasteiger partial charge in [-0.3, -0.25) is 10.2 Å². The molecule has 2 aromatic rings. The molecule has 2 rings (SSSR count). The van der Waals surface area contributed by atoms with Crippen molar-refractivity contribution in [1.82, 2.24) is 15.0 Å². The zero-order valence-corrected chi connectivity index (χ0v) is 15.8. The predicted molar refractivity (Wildman–Crippen MR) is 96.0 cm³/mol. The number of aryl methyl sites for hydroxylation is 2. The number of amides is 1. The maximum atomic E-state index is 12.1. The summed E-state index contributed by atoms with van der Waals surface area (Å²) in [5.41, 5.74) is 3.75. The Bertz CT molecular complexity index is 902. The fraction of sp³-hybridized carbons (Fsp3) is 0.188. The molecule has 0 spiro atoms. The Morgan fingerprint density at radius 1 is 0.769 bits per heavy atom. The van der Waals surface area contributed by atoms with E-state index in [9.17, 15) is 21.6 Å². The van der Waals surface area contributed by atoms with Crippen molar-refractivity contribution in [3.63, 3.8) is 0 Å². The molecule has 2 aromatic carbocycles. The Kier molecular flexibility index (Phi) is 6.13. The van der Waals surface area contributed by atoms with Gasteiger partial charge in [-0.1, -0.05) is 35.4 Å². The van der Waals surface area contributed by atoms with Gasteiger partial charge in [0.05, 0.1) is 16.3 Å². The van der Waals surface area contributed by atoms with Crippen molar-refractivity contribution in [2.24, 2.45) is 0 Å². The highest BCUT2D eigenvalue weighted by molar-refractivity contribution is 7.89. The van der Waals surface area contributed by atoms with Crippen LogP contribution in [0.1, 0.15) is 11.1 Å². The number of carbonyl (C=O) groups excluding carboxylic acids is 1. The topological polar surface area (TPSA) is 121 Å². The highest BCUT2D eigenvalue weighted by Crippen LogP contribution is 2.10. The van der Waals surface area contributed by atoms with Gasteiger partial charge in [0.2, 0.25) is 15.9 Å². The molecule has 0 bridgehead atoms. The van der Waals surface area contributed by atoms with Crippen LogP contribution in [-0.4, -0.2) is 29.3 Å². The van der Waals surface area contributed by atoms with Crippen LogP contribution in [0.15, 0.2) is 58.3 Å². The third-order valence-corrected chi connectivity index (χ3v) is 6.09. The molecule has 0 aliphatic carbocycles. The van der Waals surface area contributed by atoms with E-state index in [1.807, 2.05) is 24.1 Å². The summed E-state index contributed by atoms with van der Waals surface area (Å²) < 4.78 is 50.3. The lowest BCUT2D eigenvalue weighted by atomic mass is 10.2. The fourth-order valence-electron chi connectivity index (χ4n) is 1.91. The number of rotatable bonds is 7. The summed E-state index contributed by atoms with van der Waals surface area (Å²) in [6.07, 6.45) is 0. The van der Waals surface area contributed by atoms with Crippen molar-refractivity contribution in [3.05, 3.63) is 59.7 Å². The molecular weight excluding hydrogens is 378 g/mol. The van der Waals surface area contributed by atoms with E-state index in [1.165, 1.54) is 24.3 Å². The normalized spacial score (nSPS) is 11.9. The standard InChI is InChI=1S/C16H19N3O5S2/c1-12-3-7-14(8-4-12)25(21,22)17-11-16(20)18-19-26(23,24)15-9-5-13(2)6-10-15/h3-10,17,19H,11H2,1-2H3,(H,18,20). The van der Waals surface area contributed by atoms with E-state index in [1.54, 1.807) is 24.3 Å². The average Bonchev–Trinajstić information content (AvgIpc) is 2.59. The third-order valence-electron chi connectivity index (χ3n) is 3.41. The van der Waals surface area contributed by atoms with Gasteiger partial charge in [0.25, 0.3) is 10.0 Å². The molecule has 0 unspecified atom stereocenters. The fourth-order valence-corrected chi connectivity index (χ4v) is 3.75. The van der Waals surface area contributed by atoms with Gasteiger partial charge in [0.1, 0.15) is 0 Å². The quantitative estimate of drug-likeness (QED) is 0.591. The van der Waals surface area contributed by atoms with Crippen molar-refractivity contribution < 1.29 is 21.6 Å². The summed E-state index contributed by atoms with van der Waals surface area (Å²) in [6, 6.07) is 12.1. The molecule has 0 atom stereocenters. The Labute approximate surface area is 152 Å². The molecule has 0 radical (unpaired) electrons. The first-order chi connectivity index (χ1) is 12.1. The van der Waals surface area contributed by atoms with Gasteiger partial charge in [0.15, 0.2) is 0 Å². The van der Waals surface area contributed by atoms with E-state index in [0.717, 1.165) is 11.1 Å². The summed E-state index contributed by atoms with van der Waals surface area (Å²) in [5, 5.41) is 0. The van der Waals surface area contributed by atoms with E-state index in [4.69, 9.17) is 0 Å². The highest BCUT2D eigenvalue weighted by Gasteiger charge is 2.17. The van der Waals surface area contributed by atoms with Crippen molar-refractivity contribution in [2.45, 2.75) is 23.6 Å². The van der Waals surface area contributed by atoms with E-state index >= 15 is 0 Å². The second-order valence-corrected chi connectivity index (χ2v) is 9.05. The van der Waals surface area contributed by atoms with Crippen LogP contribution in [0.3, 0.4) is 0 Å². The van der Waals surface area contributed by atoms with E-state index in [0.29, 0.717) is 0 Å². The maximum Gasteiger partial charge on any atom is 0.257 e. The average molecular weight is 397 g/mol. The summed E-state index contributed by atoms with van der Waals surface area (Å²) in [7, 11) is -7.81. The lowest BCUT2D eigenvalue weighted by molar-refractivity contribution is -0.120.